The minimum Gasteiger partial charge on any atom is -0.482 e. The van der Waals surface area contributed by atoms with Crippen molar-refractivity contribution < 1.29 is 19.4 Å². The highest BCUT2D eigenvalue weighted by Crippen LogP contribution is 2.21. The van der Waals surface area contributed by atoms with Crippen LogP contribution in [0.5, 0.6) is 5.75 Å². The molecule has 6 nitrogen and oxygen atoms in total. The number of benzene rings is 1. The van der Waals surface area contributed by atoms with Crippen LogP contribution in [0.4, 0.5) is 0 Å². The van der Waals surface area contributed by atoms with Crippen LogP contribution in [0.15, 0.2) is 18.2 Å². The summed E-state index contributed by atoms with van der Waals surface area (Å²) >= 11 is 1.68. The number of hydrogen-bond acceptors (Lipinski definition) is 5. The summed E-state index contributed by atoms with van der Waals surface area (Å²) in [4.78, 5) is 22.7. The molecule has 0 radical (unpaired) electrons. The number of carboxylic acid groups (broad SMARTS) is 1. The van der Waals surface area contributed by atoms with Crippen LogP contribution in [0.2, 0.25) is 0 Å². The van der Waals surface area contributed by atoms with E-state index < -0.39 is 12.6 Å². The molecule has 21 heavy (non-hydrogen) atoms. The first-order valence-electron chi connectivity index (χ1n) is 6.60. The second-order valence-corrected chi connectivity index (χ2v) is 6.42. The average molecular weight is 310 g/mol. The molecule has 2 unspecified atom stereocenters. The van der Waals surface area contributed by atoms with Crippen molar-refractivity contribution in [2.45, 2.75) is 24.6 Å². The van der Waals surface area contributed by atoms with Gasteiger partial charge in [-0.1, -0.05) is 6.92 Å². The maximum atomic E-state index is 12.2. The summed E-state index contributed by atoms with van der Waals surface area (Å²) in [6.07, 6.45) is 0. The number of aliphatic carboxylic acids is 1. The van der Waals surface area contributed by atoms with Crippen LogP contribution in [-0.2, 0) is 4.79 Å². The van der Waals surface area contributed by atoms with Crippen molar-refractivity contribution in [1.29, 1.82) is 0 Å². The molecule has 1 fully saturated rings. The first-order valence-corrected chi connectivity index (χ1v) is 7.55. The molecule has 2 atom stereocenters. The molecule has 1 saturated heterocycles. The van der Waals surface area contributed by atoms with Crippen LogP contribution >= 0.6 is 11.8 Å². The van der Waals surface area contributed by atoms with Gasteiger partial charge in [0, 0.05) is 17.4 Å². The lowest BCUT2D eigenvalue weighted by Gasteiger charge is -2.14. The van der Waals surface area contributed by atoms with Gasteiger partial charge in [0.2, 0.25) is 0 Å². The van der Waals surface area contributed by atoms with Crippen LogP contribution in [0.1, 0.15) is 22.8 Å². The standard InChI is InChI=1S/C14H18N2O4S/c1-8-5-10(20-7-12(17)18)3-4-11(8)13(19)16-14-15-6-9(2)21-14/h3-5,9,14-15H,6-7H2,1-2H3,(H,16,19)(H,17,18). The van der Waals surface area contributed by atoms with Gasteiger partial charge < -0.3 is 15.2 Å². The van der Waals surface area contributed by atoms with Gasteiger partial charge in [0.15, 0.2) is 6.61 Å². The van der Waals surface area contributed by atoms with Gasteiger partial charge in [-0.2, -0.15) is 0 Å². The third-order valence-corrected chi connectivity index (χ3v) is 4.21. The molecule has 1 aliphatic heterocycles. The van der Waals surface area contributed by atoms with Gasteiger partial charge >= 0.3 is 5.97 Å². The maximum Gasteiger partial charge on any atom is 0.341 e. The van der Waals surface area contributed by atoms with E-state index in [4.69, 9.17) is 9.84 Å². The first kappa shape index (κ1) is 15.7. The first-order chi connectivity index (χ1) is 9.95. The Hall–Kier alpha value is -1.73. The van der Waals surface area contributed by atoms with E-state index >= 15 is 0 Å². The molecular formula is C14H18N2O4S. The van der Waals surface area contributed by atoms with E-state index in [1.807, 2.05) is 0 Å². The van der Waals surface area contributed by atoms with Gasteiger partial charge in [0.05, 0.1) is 0 Å². The number of carboxylic acids is 1. The summed E-state index contributed by atoms with van der Waals surface area (Å²) in [6.45, 7) is 4.37. The highest BCUT2D eigenvalue weighted by Gasteiger charge is 2.23. The van der Waals surface area contributed by atoms with Crippen LogP contribution < -0.4 is 15.4 Å². The van der Waals surface area contributed by atoms with Gasteiger partial charge in [-0.15, -0.1) is 11.8 Å². The van der Waals surface area contributed by atoms with Crippen molar-refractivity contribution in [3.05, 3.63) is 29.3 Å². The molecule has 1 aromatic carbocycles. The number of ether oxygens (including phenoxy) is 1. The van der Waals surface area contributed by atoms with Crippen molar-refractivity contribution in [3.63, 3.8) is 0 Å². The second-order valence-electron chi connectivity index (χ2n) is 4.87. The van der Waals surface area contributed by atoms with Crippen LogP contribution in [0.3, 0.4) is 0 Å². The number of amides is 1. The van der Waals surface area contributed by atoms with Gasteiger partial charge in [0.25, 0.3) is 5.91 Å². The SMILES string of the molecule is Cc1cc(OCC(=O)O)ccc1C(=O)NC1NCC(C)S1. The zero-order valence-electron chi connectivity index (χ0n) is 11.9. The number of carbonyl (C=O) groups excluding carboxylic acids is 1. The molecule has 0 saturated carbocycles. The van der Waals surface area contributed by atoms with E-state index in [1.165, 1.54) is 0 Å². The Morgan fingerprint density at radius 3 is 2.86 bits per heavy atom. The highest BCUT2D eigenvalue weighted by molar-refractivity contribution is 8.00. The number of aryl methyl sites for hydroxylation is 1. The van der Waals surface area contributed by atoms with Gasteiger partial charge in [-0.25, -0.2) is 4.79 Å². The Bertz CT molecular complexity index is 550. The fourth-order valence-electron chi connectivity index (χ4n) is 2.01. The largest absolute Gasteiger partial charge is 0.482 e. The molecule has 0 aliphatic carbocycles. The molecule has 1 aliphatic rings. The topological polar surface area (TPSA) is 87.7 Å². The molecule has 1 amide bonds. The Morgan fingerprint density at radius 2 is 2.29 bits per heavy atom. The van der Waals surface area contributed by atoms with E-state index in [-0.39, 0.29) is 11.4 Å². The van der Waals surface area contributed by atoms with E-state index in [9.17, 15) is 9.59 Å². The third-order valence-electron chi connectivity index (χ3n) is 3.03. The molecule has 7 heteroatoms. The van der Waals surface area contributed by atoms with Crippen LogP contribution in [-0.4, -0.2) is 40.9 Å². The summed E-state index contributed by atoms with van der Waals surface area (Å²) in [6, 6.07) is 4.91. The van der Waals surface area contributed by atoms with E-state index in [0.29, 0.717) is 16.6 Å². The average Bonchev–Trinajstić information content (AvgIpc) is 2.81. The minimum atomic E-state index is -1.03. The molecular weight excluding hydrogens is 292 g/mol. The lowest BCUT2D eigenvalue weighted by molar-refractivity contribution is -0.139. The number of carbonyl (C=O) groups is 2. The molecule has 3 N–H and O–H groups in total. The molecule has 1 heterocycles. The van der Waals surface area contributed by atoms with Crippen molar-refractivity contribution in [1.82, 2.24) is 10.6 Å². The zero-order valence-corrected chi connectivity index (χ0v) is 12.7. The lowest BCUT2D eigenvalue weighted by atomic mass is 10.1. The number of thioether (sulfide) groups is 1. The predicted molar refractivity (Wildman–Crippen MR) is 80.6 cm³/mol. The predicted octanol–water partition coefficient (Wildman–Crippen LogP) is 1.20. The summed E-state index contributed by atoms with van der Waals surface area (Å²) < 4.78 is 5.08. The molecule has 0 bridgehead atoms. The number of rotatable bonds is 5. The van der Waals surface area contributed by atoms with Gasteiger partial charge in [-0.05, 0) is 30.7 Å². The Labute approximate surface area is 127 Å². The summed E-state index contributed by atoms with van der Waals surface area (Å²) in [7, 11) is 0. The summed E-state index contributed by atoms with van der Waals surface area (Å²) in [5.74, 6) is -0.752. The van der Waals surface area contributed by atoms with Crippen molar-refractivity contribution in [3.8, 4) is 5.75 Å². The smallest absolute Gasteiger partial charge is 0.341 e. The number of nitrogens with one attached hydrogen (secondary N) is 2. The quantitative estimate of drug-likeness (QED) is 0.757. The fraction of sp³-hybridized carbons (Fsp3) is 0.429. The molecule has 2 rings (SSSR count). The normalized spacial score (nSPS) is 21.0. The molecule has 0 spiro atoms. The minimum absolute atomic E-state index is 0.0742. The molecule has 0 aromatic heterocycles. The van der Waals surface area contributed by atoms with Crippen LogP contribution in [0, 0.1) is 6.92 Å². The summed E-state index contributed by atoms with van der Waals surface area (Å²) in [5, 5.41) is 15.2. The molecule has 1 aromatic rings. The number of hydrogen-bond donors (Lipinski definition) is 3. The van der Waals surface area contributed by atoms with Crippen molar-refractivity contribution in [2.75, 3.05) is 13.2 Å². The van der Waals surface area contributed by atoms with Crippen molar-refractivity contribution in [2.24, 2.45) is 0 Å². The summed E-state index contributed by atoms with van der Waals surface area (Å²) in [5.41, 5.74) is 1.22. The van der Waals surface area contributed by atoms with E-state index in [0.717, 1.165) is 12.1 Å². The third kappa shape index (κ3) is 4.37. The second kappa shape index (κ2) is 6.82. The van der Waals surface area contributed by atoms with E-state index in [1.54, 1.807) is 36.9 Å². The fourth-order valence-corrected chi connectivity index (χ4v) is 3.03. The van der Waals surface area contributed by atoms with Crippen LogP contribution in [0.25, 0.3) is 0 Å². The highest BCUT2D eigenvalue weighted by atomic mass is 32.2. The Morgan fingerprint density at radius 1 is 1.52 bits per heavy atom. The Kier molecular flexibility index (Phi) is 5.08. The van der Waals surface area contributed by atoms with E-state index in [2.05, 4.69) is 17.6 Å². The monoisotopic (exact) mass is 310 g/mol. The van der Waals surface area contributed by atoms with Gasteiger partial charge in [-0.3, -0.25) is 10.1 Å². The zero-order chi connectivity index (χ0) is 15.4. The van der Waals surface area contributed by atoms with Gasteiger partial charge in [0.1, 0.15) is 11.2 Å². The maximum absolute atomic E-state index is 12.2. The Balaban J connectivity index is 1.99. The van der Waals surface area contributed by atoms with Crippen molar-refractivity contribution >= 4 is 23.6 Å². The lowest BCUT2D eigenvalue weighted by Crippen LogP contribution is -2.39. The molecule has 114 valence electrons.